The molecule has 0 saturated carbocycles. The van der Waals surface area contributed by atoms with Gasteiger partial charge in [0.2, 0.25) is 0 Å². The third-order valence-electron chi connectivity index (χ3n) is 10.2. The summed E-state index contributed by atoms with van der Waals surface area (Å²) in [6.07, 6.45) is 6.96. The lowest BCUT2D eigenvalue weighted by Gasteiger charge is -2.24. The van der Waals surface area contributed by atoms with E-state index in [4.69, 9.17) is 9.97 Å². The molecule has 0 unspecified atom stereocenters. The quantitative estimate of drug-likeness (QED) is 0.187. The largest absolute Gasteiger partial charge is 0.227 e. The van der Waals surface area contributed by atoms with Crippen LogP contribution in [-0.4, -0.2) is 9.97 Å². The molecule has 6 aromatic carbocycles. The van der Waals surface area contributed by atoms with Crippen LogP contribution < -0.4 is 0 Å². The lowest BCUT2D eigenvalue weighted by molar-refractivity contribution is 0.651. The Bertz CT molecular complexity index is 2430. The molecule has 2 heteroatoms. The van der Waals surface area contributed by atoms with E-state index in [1.807, 2.05) is 6.07 Å². The number of fused-ring (bicyclic) bond motifs is 5. The Kier molecular flexibility index (Phi) is 6.33. The Morgan fingerprint density at radius 3 is 2.04 bits per heavy atom. The van der Waals surface area contributed by atoms with Gasteiger partial charge in [0.15, 0.2) is 5.82 Å². The van der Waals surface area contributed by atoms with Crippen molar-refractivity contribution in [2.75, 3.05) is 0 Å². The fourth-order valence-corrected chi connectivity index (χ4v) is 7.70. The maximum absolute atomic E-state index is 5.22. The van der Waals surface area contributed by atoms with Gasteiger partial charge in [0.05, 0.1) is 11.2 Å². The van der Waals surface area contributed by atoms with Gasteiger partial charge in [-0.25, -0.2) is 9.97 Å². The van der Waals surface area contributed by atoms with Crippen LogP contribution in [0.2, 0.25) is 0 Å². The summed E-state index contributed by atoms with van der Waals surface area (Å²) in [5, 5.41) is 3.38. The predicted molar refractivity (Wildman–Crippen MR) is 197 cm³/mol. The number of rotatable bonds is 4. The summed E-state index contributed by atoms with van der Waals surface area (Å²) in [5.41, 5.74) is 14.7. The molecule has 2 nitrogen and oxygen atoms in total. The first kappa shape index (κ1) is 27.7. The van der Waals surface area contributed by atoms with Crippen LogP contribution in [0.15, 0.2) is 151 Å². The van der Waals surface area contributed by atoms with E-state index in [-0.39, 0.29) is 5.41 Å². The van der Waals surface area contributed by atoms with E-state index >= 15 is 0 Å². The van der Waals surface area contributed by atoms with Crippen LogP contribution in [0.3, 0.4) is 0 Å². The molecule has 1 aromatic heterocycles. The summed E-state index contributed by atoms with van der Waals surface area (Å²) in [7, 11) is 0. The molecule has 0 spiro atoms. The summed E-state index contributed by atoms with van der Waals surface area (Å²) >= 11 is 0. The normalized spacial score (nSPS) is 14.9. The first-order chi connectivity index (χ1) is 23.0. The van der Waals surface area contributed by atoms with Gasteiger partial charge in [-0.05, 0) is 87.0 Å². The van der Waals surface area contributed by atoms with Crippen molar-refractivity contribution in [2.24, 2.45) is 0 Å². The minimum atomic E-state index is 0.0212. The van der Waals surface area contributed by atoms with E-state index in [9.17, 15) is 0 Å². The van der Waals surface area contributed by atoms with E-state index in [1.54, 1.807) is 0 Å². The SMILES string of the molecule is CC1(C)C2=C(CCC=C2)c2ccc(-c3cccc(-c4cccc(-c5nc(-c6ccccc6)c6ccc7ccccc7c6n5)c4)c3)cc21. The van der Waals surface area contributed by atoms with Crippen LogP contribution in [0.25, 0.3) is 72.1 Å². The van der Waals surface area contributed by atoms with Gasteiger partial charge in [0, 0.05) is 27.3 Å². The van der Waals surface area contributed by atoms with Crippen molar-refractivity contribution < 1.29 is 0 Å². The van der Waals surface area contributed by atoms with Crippen molar-refractivity contribution >= 4 is 27.2 Å². The van der Waals surface area contributed by atoms with Crippen molar-refractivity contribution in [3.8, 4) is 44.9 Å². The van der Waals surface area contributed by atoms with Crippen molar-refractivity contribution in [3.63, 3.8) is 0 Å². The molecule has 0 N–H and O–H groups in total. The summed E-state index contributed by atoms with van der Waals surface area (Å²) in [6, 6.07) is 47.9. The molecule has 0 fully saturated rings. The maximum Gasteiger partial charge on any atom is 0.160 e. The molecule has 224 valence electrons. The Labute approximate surface area is 275 Å². The molecule has 2 aliphatic carbocycles. The molecule has 7 aromatic rings. The lowest BCUT2D eigenvalue weighted by Crippen LogP contribution is -2.16. The maximum atomic E-state index is 5.22. The van der Waals surface area contributed by atoms with Gasteiger partial charge in [0.1, 0.15) is 0 Å². The fourth-order valence-electron chi connectivity index (χ4n) is 7.70. The van der Waals surface area contributed by atoms with E-state index in [1.165, 1.54) is 44.3 Å². The highest BCUT2D eigenvalue weighted by molar-refractivity contribution is 6.09. The smallest absolute Gasteiger partial charge is 0.160 e. The van der Waals surface area contributed by atoms with Gasteiger partial charge >= 0.3 is 0 Å². The second-order valence-electron chi connectivity index (χ2n) is 13.3. The molecule has 9 rings (SSSR count). The van der Waals surface area contributed by atoms with Gasteiger partial charge in [0.25, 0.3) is 0 Å². The van der Waals surface area contributed by atoms with Gasteiger partial charge in [-0.1, -0.05) is 135 Å². The highest BCUT2D eigenvalue weighted by Crippen LogP contribution is 2.50. The zero-order valence-corrected chi connectivity index (χ0v) is 26.7. The molecule has 0 saturated heterocycles. The van der Waals surface area contributed by atoms with Crippen LogP contribution in [0.4, 0.5) is 0 Å². The Morgan fingerprint density at radius 2 is 1.23 bits per heavy atom. The minimum absolute atomic E-state index is 0.0212. The molecule has 0 radical (unpaired) electrons. The van der Waals surface area contributed by atoms with E-state index in [2.05, 4.69) is 153 Å². The Morgan fingerprint density at radius 1 is 0.553 bits per heavy atom. The number of benzene rings is 6. The Balaban J connectivity index is 1.14. The molecular formula is C45H34N2. The lowest BCUT2D eigenvalue weighted by atomic mass is 9.79. The molecular weight excluding hydrogens is 569 g/mol. The minimum Gasteiger partial charge on any atom is -0.227 e. The third kappa shape index (κ3) is 4.55. The van der Waals surface area contributed by atoms with Crippen molar-refractivity contribution in [2.45, 2.75) is 32.1 Å². The highest BCUT2D eigenvalue weighted by atomic mass is 14.9. The molecule has 0 amide bonds. The zero-order chi connectivity index (χ0) is 31.5. The summed E-state index contributed by atoms with van der Waals surface area (Å²) in [6.45, 7) is 4.74. The molecule has 0 atom stereocenters. The first-order valence-corrected chi connectivity index (χ1v) is 16.6. The number of nitrogens with zero attached hydrogens (tertiary/aromatic N) is 2. The van der Waals surface area contributed by atoms with Crippen LogP contribution in [-0.2, 0) is 5.41 Å². The van der Waals surface area contributed by atoms with E-state index in [0.29, 0.717) is 0 Å². The molecule has 2 aliphatic rings. The average Bonchev–Trinajstić information content (AvgIpc) is 3.37. The van der Waals surface area contributed by atoms with Gasteiger partial charge in [-0.15, -0.1) is 0 Å². The van der Waals surface area contributed by atoms with E-state index in [0.717, 1.165) is 57.3 Å². The van der Waals surface area contributed by atoms with Crippen LogP contribution >= 0.6 is 0 Å². The average molecular weight is 603 g/mol. The molecule has 1 heterocycles. The monoisotopic (exact) mass is 602 g/mol. The van der Waals surface area contributed by atoms with Crippen molar-refractivity contribution in [1.29, 1.82) is 0 Å². The number of allylic oxidation sites excluding steroid dienone is 4. The zero-order valence-electron chi connectivity index (χ0n) is 26.7. The molecule has 0 aliphatic heterocycles. The van der Waals surface area contributed by atoms with Crippen LogP contribution in [0, 0.1) is 0 Å². The number of hydrogen-bond donors (Lipinski definition) is 0. The summed E-state index contributed by atoms with van der Waals surface area (Å²) < 4.78 is 0. The molecule has 47 heavy (non-hydrogen) atoms. The van der Waals surface area contributed by atoms with Gasteiger partial charge in [-0.2, -0.15) is 0 Å². The highest BCUT2D eigenvalue weighted by Gasteiger charge is 2.37. The first-order valence-electron chi connectivity index (χ1n) is 16.6. The number of aromatic nitrogens is 2. The van der Waals surface area contributed by atoms with Gasteiger partial charge < -0.3 is 0 Å². The van der Waals surface area contributed by atoms with Crippen molar-refractivity contribution in [1.82, 2.24) is 9.97 Å². The topological polar surface area (TPSA) is 25.8 Å². The third-order valence-corrected chi connectivity index (χ3v) is 10.2. The predicted octanol–water partition coefficient (Wildman–Crippen LogP) is 11.8. The Hall–Kier alpha value is -5.60. The van der Waals surface area contributed by atoms with Crippen LogP contribution in [0.1, 0.15) is 37.8 Å². The fraction of sp³-hybridized carbons (Fsp3) is 0.111. The van der Waals surface area contributed by atoms with Crippen molar-refractivity contribution in [3.05, 3.63) is 162 Å². The summed E-state index contributed by atoms with van der Waals surface area (Å²) in [4.78, 5) is 10.4. The number of hydrogen-bond acceptors (Lipinski definition) is 2. The van der Waals surface area contributed by atoms with Gasteiger partial charge in [-0.3, -0.25) is 0 Å². The van der Waals surface area contributed by atoms with E-state index < -0.39 is 0 Å². The second-order valence-corrected chi connectivity index (χ2v) is 13.3. The second kappa shape index (κ2) is 10.7. The standard InChI is InChI=1S/C45H34N2/c1-45(2)40-21-9-8-20-37(40)38-24-23-34(28-41(38)45)32-16-10-15-31(26-32)33-17-11-18-35(27-33)44-46-42(30-13-4-3-5-14-30)39-25-22-29-12-6-7-19-36(29)43(39)47-44/h3-7,9-19,21-28H,8,20H2,1-2H3. The molecule has 0 bridgehead atoms. The summed E-state index contributed by atoms with van der Waals surface area (Å²) in [5.74, 6) is 0.733. The van der Waals surface area contributed by atoms with Crippen LogP contribution in [0.5, 0.6) is 0 Å².